The average Bonchev–Trinajstić information content (AvgIpc) is 2.46. The van der Waals surface area contributed by atoms with Gasteiger partial charge in [0.1, 0.15) is 0 Å². The molecular formula is C9H14FNO. The van der Waals surface area contributed by atoms with Crippen LogP contribution < -0.4 is 5.32 Å². The van der Waals surface area contributed by atoms with E-state index in [0.29, 0.717) is 12.0 Å². The van der Waals surface area contributed by atoms with Crippen LogP contribution in [0.4, 0.5) is 4.39 Å². The molecule has 1 heterocycles. The van der Waals surface area contributed by atoms with E-state index in [1.54, 1.807) is 0 Å². The van der Waals surface area contributed by atoms with Crippen LogP contribution in [0.25, 0.3) is 0 Å². The molecule has 68 valence electrons. The Morgan fingerprint density at radius 3 is 2.75 bits per heavy atom. The fourth-order valence-electron chi connectivity index (χ4n) is 2.50. The van der Waals surface area contributed by atoms with E-state index in [2.05, 4.69) is 5.32 Å². The molecule has 0 aromatic heterocycles. The summed E-state index contributed by atoms with van der Waals surface area (Å²) >= 11 is 0. The second kappa shape index (κ2) is 3.13. The van der Waals surface area contributed by atoms with Crippen molar-refractivity contribution in [3.05, 3.63) is 0 Å². The monoisotopic (exact) mass is 171 g/mol. The van der Waals surface area contributed by atoms with Crippen LogP contribution in [0.15, 0.2) is 0 Å². The summed E-state index contributed by atoms with van der Waals surface area (Å²) in [5, 5.41) is 3.07. The molecule has 0 bridgehead atoms. The number of carbonyl (C=O) groups is 1. The van der Waals surface area contributed by atoms with Crippen molar-refractivity contribution in [2.45, 2.75) is 44.2 Å². The Morgan fingerprint density at radius 2 is 2.08 bits per heavy atom. The van der Waals surface area contributed by atoms with Crippen LogP contribution in [0.3, 0.4) is 0 Å². The molecule has 1 aliphatic heterocycles. The van der Waals surface area contributed by atoms with Crippen molar-refractivity contribution in [2.75, 3.05) is 0 Å². The van der Waals surface area contributed by atoms with Crippen molar-refractivity contribution >= 4 is 6.04 Å². The summed E-state index contributed by atoms with van der Waals surface area (Å²) in [6.45, 7) is 0. The van der Waals surface area contributed by atoms with Crippen molar-refractivity contribution in [2.24, 2.45) is 5.92 Å². The standard InChI is InChI=1S/C9H14FNO/c10-9(12)8-5-6-3-1-2-4-7(6)11-8/h6-8,11H,1-5H2/t6?,7?,8-/m0/s1. The van der Waals surface area contributed by atoms with Crippen molar-refractivity contribution in [3.8, 4) is 0 Å². The second-order valence-corrected chi connectivity index (χ2v) is 3.91. The molecule has 2 nitrogen and oxygen atoms in total. The lowest BCUT2D eigenvalue weighted by Gasteiger charge is -2.24. The number of hydrogen-bond donors (Lipinski definition) is 1. The van der Waals surface area contributed by atoms with Crippen molar-refractivity contribution in [1.82, 2.24) is 5.32 Å². The third-order valence-corrected chi connectivity index (χ3v) is 3.14. The third kappa shape index (κ3) is 1.38. The molecule has 1 saturated carbocycles. The van der Waals surface area contributed by atoms with E-state index in [4.69, 9.17) is 0 Å². The van der Waals surface area contributed by atoms with Gasteiger partial charge in [0.05, 0.1) is 6.04 Å². The molecule has 0 amide bonds. The van der Waals surface area contributed by atoms with Gasteiger partial charge in [-0.2, -0.15) is 4.39 Å². The minimum absolute atomic E-state index is 0.420. The van der Waals surface area contributed by atoms with Gasteiger partial charge in [-0.1, -0.05) is 12.8 Å². The van der Waals surface area contributed by atoms with Crippen molar-refractivity contribution in [3.63, 3.8) is 0 Å². The molecule has 3 heteroatoms. The topological polar surface area (TPSA) is 29.1 Å². The predicted octanol–water partition coefficient (Wildman–Crippen LogP) is 1.40. The Balaban J connectivity index is 1.98. The highest BCUT2D eigenvalue weighted by molar-refractivity contribution is 5.74. The Bertz CT molecular complexity index is 181. The minimum atomic E-state index is -1.18. The molecule has 2 rings (SSSR count). The Morgan fingerprint density at radius 1 is 1.33 bits per heavy atom. The van der Waals surface area contributed by atoms with Gasteiger partial charge < -0.3 is 5.32 Å². The van der Waals surface area contributed by atoms with E-state index >= 15 is 0 Å². The number of fused-ring (bicyclic) bond motifs is 1. The van der Waals surface area contributed by atoms with E-state index < -0.39 is 12.1 Å². The highest BCUT2D eigenvalue weighted by Gasteiger charge is 2.38. The van der Waals surface area contributed by atoms with Gasteiger partial charge in [-0.25, -0.2) is 0 Å². The number of rotatable bonds is 1. The summed E-state index contributed by atoms with van der Waals surface area (Å²) < 4.78 is 12.3. The highest BCUT2D eigenvalue weighted by Crippen LogP contribution is 2.33. The first-order chi connectivity index (χ1) is 5.77. The molecule has 1 saturated heterocycles. The zero-order chi connectivity index (χ0) is 8.55. The highest BCUT2D eigenvalue weighted by atomic mass is 19.1. The Hall–Kier alpha value is -0.440. The maximum atomic E-state index is 12.3. The van der Waals surface area contributed by atoms with Gasteiger partial charge in [0.25, 0.3) is 0 Å². The molecule has 2 fully saturated rings. The van der Waals surface area contributed by atoms with Crippen LogP contribution in [-0.4, -0.2) is 18.1 Å². The van der Waals surface area contributed by atoms with Gasteiger partial charge in [0, 0.05) is 6.04 Å². The predicted molar refractivity (Wildman–Crippen MR) is 43.4 cm³/mol. The molecule has 2 unspecified atom stereocenters. The molecule has 1 aliphatic carbocycles. The van der Waals surface area contributed by atoms with Crippen LogP contribution >= 0.6 is 0 Å². The van der Waals surface area contributed by atoms with Crippen LogP contribution in [0.5, 0.6) is 0 Å². The van der Waals surface area contributed by atoms with E-state index in [-0.39, 0.29) is 0 Å². The summed E-state index contributed by atoms with van der Waals surface area (Å²) in [6, 6.07) is -1.24. The molecule has 0 aromatic rings. The molecule has 0 radical (unpaired) electrons. The second-order valence-electron chi connectivity index (χ2n) is 3.91. The van der Waals surface area contributed by atoms with E-state index in [1.807, 2.05) is 0 Å². The van der Waals surface area contributed by atoms with Gasteiger partial charge in [0.2, 0.25) is 0 Å². The van der Waals surface area contributed by atoms with Crippen LogP contribution in [0.1, 0.15) is 32.1 Å². The number of carbonyl (C=O) groups excluding carboxylic acids is 1. The normalized spacial score (nSPS) is 40.9. The first-order valence-electron chi connectivity index (χ1n) is 4.73. The van der Waals surface area contributed by atoms with Gasteiger partial charge in [-0.3, -0.25) is 4.79 Å². The van der Waals surface area contributed by atoms with E-state index in [1.165, 1.54) is 19.3 Å². The zero-order valence-electron chi connectivity index (χ0n) is 7.05. The zero-order valence-corrected chi connectivity index (χ0v) is 7.05. The smallest absolute Gasteiger partial charge is 0.302 e. The number of halogens is 1. The summed E-state index contributed by atoms with van der Waals surface area (Å²) in [4.78, 5) is 10.5. The largest absolute Gasteiger partial charge is 0.318 e. The van der Waals surface area contributed by atoms with E-state index in [9.17, 15) is 9.18 Å². The SMILES string of the molecule is O=C(F)[C@@H]1CC2CCCCC2N1. The van der Waals surface area contributed by atoms with Crippen molar-refractivity contribution < 1.29 is 9.18 Å². The van der Waals surface area contributed by atoms with Crippen LogP contribution in [0, 0.1) is 5.92 Å². The van der Waals surface area contributed by atoms with Gasteiger partial charge >= 0.3 is 6.04 Å². The number of hydrogen-bond acceptors (Lipinski definition) is 2. The molecule has 12 heavy (non-hydrogen) atoms. The third-order valence-electron chi connectivity index (χ3n) is 3.14. The van der Waals surface area contributed by atoms with Gasteiger partial charge in [0.15, 0.2) is 0 Å². The average molecular weight is 171 g/mol. The first-order valence-corrected chi connectivity index (χ1v) is 4.73. The maximum absolute atomic E-state index is 12.3. The molecule has 0 aromatic carbocycles. The molecule has 3 atom stereocenters. The first kappa shape index (κ1) is 8.17. The molecule has 2 aliphatic rings. The maximum Gasteiger partial charge on any atom is 0.318 e. The van der Waals surface area contributed by atoms with Gasteiger partial charge in [-0.05, 0) is 25.2 Å². The Labute approximate surface area is 71.5 Å². The fourth-order valence-corrected chi connectivity index (χ4v) is 2.50. The fraction of sp³-hybridized carbons (Fsp3) is 0.889. The van der Waals surface area contributed by atoms with Crippen molar-refractivity contribution in [1.29, 1.82) is 0 Å². The van der Waals surface area contributed by atoms with Crippen LogP contribution in [-0.2, 0) is 4.79 Å². The molecule has 1 N–H and O–H groups in total. The minimum Gasteiger partial charge on any atom is -0.302 e. The summed E-state index contributed by atoms with van der Waals surface area (Å²) in [5.74, 6) is 0.559. The quantitative estimate of drug-likeness (QED) is 0.604. The lowest BCUT2D eigenvalue weighted by molar-refractivity contribution is -0.131. The molecular weight excluding hydrogens is 157 g/mol. The summed E-state index contributed by atoms with van der Waals surface area (Å²) in [5.41, 5.74) is 0. The molecule has 0 spiro atoms. The Kier molecular flexibility index (Phi) is 2.13. The lowest BCUT2D eigenvalue weighted by Crippen LogP contribution is -2.35. The summed E-state index contributed by atoms with van der Waals surface area (Å²) in [7, 11) is 0. The van der Waals surface area contributed by atoms with Gasteiger partial charge in [-0.15, -0.1) is 0 Å². The van der Waals surface area contributed by atoms with E-state index in [0.717, 1.165) is 12.8 Å². The van der Waals surface area contributed by atoms with Crippen LogP contribution in [0.2, 0.25) is 0 Å². The number of nitrogens with one attached hydrogen (secondary N) is 1. The lowest BCUT2D eigenvalue weighted by atomic mass is 9.85. The summed E-state index contributed by atoms with van der Waals surface area (Å²) in [6.07, 6.45) is 5.48.